The fourth-order valence-electron chi connectivity index (χ4n) is 7.26. The van der Waals surface area contributed by atoms with E-state index in [0.717, 1.165) is 34.0 Å². The average Bonchev–Trinajstić information content (AvgIpc) is 3.29. The van der Waals surface area contributed by atoms with E-state index in [9.17, 15) is 65.8 Å². The normalized spacial score (nSPS) is 16.5. The molecule has 2 aromatic carbocycles. The van der Waals surface area contributed by atoms with E-state index in [2.05, 4.69) is 19.9 Å². The van der Waals surface area contributed by atoms with E-state index in [0.29, 0.717) is 45.0 Å². The molecule has 2 heterocycles. The van der Waals surface area contributed by atoms with E-state index in [4.69, 9.17) is 11.5 Å². The minimum atomic E-state index is -3.66. The van der Waals surface area contributed by atoms with Crippen LogP contribution in [0.15, 0.2) is 60.7 Å². The standard InChI is InChI=1S/2C22H28FN3O6S.C6H14N2.Ca/c2*1-13(2)20-18(10-9-16(27)11-17(28)12-19(29)30)21(14-5-7-15(23)8-6-14)25-22(24-20)26(3)33(4,31)32;7-5-3-1-2-4-6(5)8;/h2*5-10,13,16-17,27-28H,11-12H2,1-4H3,(H,29,30);5-6H,1-4,7-8H2;/q;;;+2/p-2/t2*16-,17-;;/m11../s1. The van der Waals surface area contributed by atoms with Gasteiger partial charge in [0, 0.05) is 86.1 Å². The third-order valence-electron chi connectivity index (χ3n) is 11.5. The van der Waals surface area contributed by atoms with Crippen LogP contribution in [0.3, 0.4) is 0 Å². The Morgan fingerprint density at radius 2 is 0.947 bits per heavy atom. The van der Waals surface area contributed by atoms with Crippen molar-refractivity contribution in [2.24, 2.45) is 11.5 Å². The summed E-state index contributed by atoms with van der Waals surface area (Å²) in [5.74, 6) is -4.28. The molecular weight excluding hydrogens is 1050 g/mol. The van der Waals surface area contributed by atoms with Crippen molar-refractivity contribution >= 4 is 93.8 Å². The van der Waals surface area contributed by atoms with Gasteiger partial charge in [-0.2, -0.15) is 0 Å². The Morgan fingerprint density at radius 1 is 0.640 bits per heavy atom. The molecule has 1 saturated carbocycles. The van der Waals surface area contributed by atoms with Crippen molar-refractivity contribution in [2.45, 2.75) is 127 Å². The van der Waals surface area contributed by atoms with Gasteiger partial charge in [-0.1, -0.05) is 64.8 Å². The minimum Gasteiger partial charge on any atom is -0.550 e. The average molecular weight is 1120 g/mol. The van der Waals surface area contributed by atoms with Crippen LogP contribution in [-0.4, -0.2) is 170 Å². The van der Waals surface area contributed by atoms with Crippen LogP contribution in [-0.2, 0) is 29.6 Å². The second-order valence-corrected chi connectivity index (χ2v) is 22.6. The van der Waals surface area contributed by atoms with Crippen LogP contribution >= 0.6 is 0 Å². The van der Waals surface area contributed by atoms with Gasteiger partial charge in [-0.3, -0.25) is 0 Å². The number of hydrogen-bond donors (Lipinski definition) is 6. The Labute approximate surface area is 467 Å². The van der Waals surface area contributed by atoms with Gasteiger partial charge >= 0.3 is 37.7 Å². The summed E-state index contributed by atoms with van der Waals surface area (Å²) in [6.45, 7) is 7.38. The maximum atomic E-state index is 13.5. The molecule has 2 aromatic heterocycles. The van der Waals surface area contributed by atoms with Crippen molar-refractivity contribution in [1.82, 2.24) is 19.9 Å². The molecular formula is C50H68CaF2N8O12S2. The smallest absolute Gasteiger partial charge is 0.550 e. The van der Waals surface area contributed by atoms with Gasteiger partial charge in [0.1, 0.15) is 11.6 Å². The van der Waals surface area contributed by atoms with Crippen LogP contribution < -0.4 is 30.3 Å². The molecule has 75 heavy (non-hydrogen) atoms. The van der Waals surface area contributed by atoms with Crippen LogP contribution in [0.4, 0.5) is 20.7 Å². The fourth-order valence-corrected chi connectivity index (χ4v) is 8.02. The number of carbonyl (C=O) groups excluding carboxylic acids is 2. The summed E-state index contributed by atoms with van der Waals surface area (Å²) in [4.78, 5) is 38.9. The number of aromatic nitrogens is 4. The molecule has 0 saturated heterocycles. The molecule has 6 atom stereocenters. The van der Waals surface area contributed by atoms with Crippen LogP contribution in [0.25, 0.3) is 34.7 Å². The molecule has 25 heteroatoms. The number of carboxylic acid groups (broad SMARTS) is 2. The van der Waals surface area contributed by atoms with E-state index in [1.165, 1.54) is 99.8 Å². The van der Waals surface area contributed by atoms with Crippen molar-refractivity contribution in [3.05, 3.63) is 94.8 Å². The van der Waals surface area contributed by atoms with E-state index < -0.39 is 80.9 Å². The van der Waals surface area contributed by atoms with Crippen molar-refractivity contribution in [3.63, 3.8) is 0 Å². The maximum Gasteiger partial charge on any atom is 2.00 e. The summed E-state index contributed by atoms with van der Waals surface area (Å²) >= 11 is 0. The number of aliphatic carboxylic acids is 2. The number of aliphatic hydroxyl groups excluding tert-OH is 4. The van der Waals surface area contributed by atoms with E-state index in [1.54, 1.807) is 0 Å². The molecule has 4 aromatic rings. The first kappa shape index (κ1) is 66.5. The Hall–Kier alpha value is -4.60. The molecule has 0 bridgehead atoms. The quantitative estimate of drug-likeness (QED) is 0.0689. The molecule has 1 fully saturated rings. The second kappa shape index (κ2) is 30.4. The van der Waals surface area contributed by atoms with Crippen LogP contribution in [0, 0.1) is 11.6 Å². The number of anilines is 2. The summed E-state index contributed by atoms with van der Waals surface area (Å²) in [7, 11) is -4.67. The number of carbonyl (C=O) groups is 2. The number of hydrogen-bond acceptors (Lipinski definition) is 18. The molecule has 0 aliphatic heterocycles. The van der Waals surface area contributed by atoms with E-state index in [-0.39, 0.29) is 86.4 Å². The Morgan fingerprint density at radius 3 is 1.20 bits per heavy atom. The minimum absolute atomic E-state index is 0. The van der Waals surface area contributed by atoms with Crippen LogP contribution in [0.5, 0.6) is 0 Å². The zero-order valence-corrected chi connectivity index (χ0v) is 47.2. The van der Waals surface area contributed by atoms with E-state index >= 15 is 0 Å². The Bertz CT molecular complexity index is 2610. The molecule has 1 aliphatic carbocycles. The molecule has 0 radical (unpaired) electrons. The zero-order valence-electron chi connectivity index (χ0n) is 43.4. The predicted molar refractivity (Wildman–Crippen MR) is 280 cm³/mol. The van der Waals surface area contributed by atoms with Gasteiger partial charge in [-0.15, -0.1) is 0 Å². The van der Waals surface area contributed by atoms with Crippen molar-refractivity contribution in [3.8, 4) is 22.5 Å². The van der Waals surface area contributed by atoms with Crippen LogP contribution in [0.2, 0.25) is 0 Å². The van der Waals surface area contributed by atoms with Gasteiger partial charge in [0.25, 0.3) is 0 Å². The SMILES string of the molecule is CC(C)c1nc(N(C)S(C)(=O)=O)nc(-c2ccc(F)cc2)c1C=C[C@@H](O)C[C@@H](O)CC(=O)[O-].CC(C)c1nc(N(C)S(C)(=O)=O)nc(-c2ccc(F)cc2)c1C=C[C@@H](O)C[C@@H](O)CC(=O)[O-].NC1CCCCC1N.[Ca+2]. The van der Waals surface area contributed by atoms with Crippen molar-refractivity contribution in [2.75, 3.05) is 35.2 Å². The molecule has 408 valence electrons. The summed E-state index contributed by atoms with van der Waals surface area (Å²) in [6.07, 6.45) is 5.95. The number of carboxylic acids is 2. The molecule has 2 unspecified atom stereocenters. The van der Waals surface area contributed by atoms with Gasteiger partial charge in [-0.25, -0.2) is 54.2 Å². The summed E-state index contributed by atoms with van der Waals surface area (Å²) in [5.41, 5.74) is 14.8. The monoisotopic (exact) mass is 1110 g/mol. The van der Waals surface area contributed by atoms with Gasteiger partial charge in [0.2, 0.25) is 31.9 Å². The summed E-state index contributed by atoms with van der Waals surface area (Å²) in [5, 5.41) is 61.1. The number of aliphatic hydroxyl groups is 4. The molecule has 8 N–H and O–H groups in total. The summed E-state index contributed by atoms with van der Waals surface area (Å²) in [6, 6.07) is 11.5. The number of nitrogens with zero attached hydrogens (tertiary/aromatic N) is 6. The second-order valence-electron chi connectivity index (χ2n) is 18.5. The van der Waals surface area contributed by atoms with Gasteiger partial charge in [-0.05, 0) is 73.2 Å². The zero-order chi connectivity index (χ0) is 55.8. The Balaban J connectivity index is 0.000000440. The third-order valence-corrected chi connectivity index (χ3v) is 13.8. The van der Waals surface area contributed by atoms with Crippen molar-refractivity contribution in [1.29, 1.82) is 0 Å². The Kier molecular flexibility index (Phi) is 26.9. The number of sulfonamides is 2. The first-order chi connectivity index (χ1) is 34.4. The predicted octanol–water partition coefficient (Wildman–Crippen LogP) is 1.97. The maximum absolute atomic E-state index is 13.5. The summed E-state index contributed by atoms with van der Waals surface area (Å²) < 4.78 is 77.1. The van der Waals surface area contributed by atoms with E-state index in [1.807, 2.05) is 27.7 Å². The number of nitrogens with two attached hydrogens (primary N) is 2. The molecule has 0 spiro atoms. The first-order valence-corrected chi connectivity index (χ1v) is 27.3. The third kappa shape index (κ3) is 21.7. The topological polar surface area (TPSA) is 340 Å². The molecule has 20 nitrogen and oxygen atoms in total. The molecule has 1 aliphatic rings. The number of rotatable bonds is 20. The van der Waals surface area contributed by atoms with Crippen LogP contribution in [0.1, 0.15) is 113 Å². The molecule has 5 rings (SSSR count). The largest absolute Gasteiger partial charge is 2.00 e. The first-order valence-electron chi connectivity index (χ1n) is 23.6. The number of halogens is 2. The van der Waals surface area contributed by atoms with Gasteiger partial charge < -0.3 is 51.7 Å². The van der Waals surface area contributed by atoms with Crippen molar-refractivity contribution < 1.29 is 65.8 Å². The fraction of sp³-hybridized carbons (Fsp3) is 0.480. The number of benzene rings is 2. The van der Waals surface area contributed by atoms with Gasteiger partial charge in [0.15, 0.2) is 0 Å². The van der Waals surface area contributed by atoms with Gasteiger partial charge in [0.05, 0.1) is 59.7 Å². The molecule has 0 amide bonds.